The molecule has 0 fully saturated rings. The predicted octanol–water partition coefficient (Wildman–Crippen LogP) is 1.24. The average molecular weight is 250 g/mol. The Balaban J connectivity index is 2.59. The van der Waals surface area contributed by atoms with Crippen LogP contribution in [-0.4, -0.2) is 16.9 Å². The highest BCUT2D eigenvalue weighted by Crippen LogP contribution is 2.30. The monoisotopic (exact) mass is 250 g/mol. The maximum Gasteiger partial charge on any atom is 0.416 e. The maximum absolute atomic E-state index is 12.5. The van der Waals surface area contributed by atoms with Crippen LogP contribution in [0.1, 0.15) is 5.56 Å². The Hall–Kier alpha value is -1.86. The molecule has 0 spiro atoms. The van der Waals surface area contributed by atoms with Gasteiger partial charge in [0, 0.05) is 6.07 Å². The Labute approximate surface area is 92.9 Å². The molecular formula is C9H8F4N3O+. The molecule has 1 aromatic heterocycles. The molecule has 0 aliphatic carbocycles. The van der Waals surface area contributed by atoms with Crippen molar-refractivity contribution in [1.82, 2.24) is 10.1 Å². The Morgan fingerprint density at radius 1 is 1.41 bits per heavy atom. The number of rotatable bonds is 2. The van der Waals surface area contributed by atoms with Gasteiger partial charge in [-0.2, -0.15) is 13.2 Å². The number of benzene rings is 1. The van der Waals surface area contributed by atoms with E-state index in [9.17, 15) is 17.6 Å². The molecule has 0 N–H and O–H groups in total. The van der Waals surface area contributed by atoms with Crippen molar-refractivity contribution >= 4 is 11.0 Å². The molecular weight excluding hydrogens is 242 g/mol. The van der Waals surface area contributed by atoms with E-state index in [0.717, 1.165) is 17.0 Å². The minimum atomic E-state index is -4.43. The van der Waals surface area contributed by atoms with E-state index in [2.05, 4.69) is 10.1 Å². The topological polar surface area (TPSA) is 30.9 Å². The molecule has 1 aromatic carbocycles. The molecule has 92 valence electrons. The summed E-state index contributed by atoms with van der Waals surface area (Å²) in [5.74, 6) is 0. The highest BCUT2D eigenvalue weighted by Gasteiger charge is 2.32. The zero-order valence-electron chi connectivity index (χ0n) is 8.70. The minimum absolute atomic E-state index is 0.202. The van der Waals surface area contributed by atoms with Crippen LogP contribution < -0.4 is 9.52 Å². The smallest absolute Gasteiger partial charge is 0.280 e. The van der Waals surface area contributed by atoms with E-state index < -0.39 is 18.6 Å². The fourth-order valence-electron chi connectivity index (χ4n) is 1.48. The predicted molar refractivity (Wildman–Crippen MR) is 48.5 cm³/mol. The molecule has 0 aliphatic heterocycles. The van der Waals surface area contributed by atoms with Crippen LogP contribution in [0.2, 0.25) is 0 Å². The quantitative estimate of drug-likeness (QED) is 0.593. The van der Waals surface area contributed by atoms with Gasteiger partial charge in [0.1, 0.15) is 12.3 Å². The van der Waals surface area contributed by atoms with Gasteiger partial charge in [0.15, 0.2) is 0 Å². The third-order valence-corrected chi connectivity index (χ3v) is 2.24. The summed E-state index contributed by atoms with van der Waals surface area (Å²) in [6, 6.07) is 3.00. The van der Waals surface area contributed by atoms with Gasteiger partial charge in [-0.1, -0.05) is 0 Å². The van der Waals surface area contributed by atoms with Gasteiger partial charge in [-0.3, -0.25) is 4.84 Å². The van der Waals surface area contributed by atoms with Crippen molar-refractivity contribution in [2.24, 2.45) is 7.05 Å². The number of aryl methyl sites for hydroxylation is 1. The van der Waals surface area contributed by atoms with E-state index in [-0.39, 0.29) is 11.0 Å². The van der Waals surface area contributed by atoms with E-state index in [1.165, 1.54) is 17.8 Å². The molecule has 2 aromatic rings. The Bertz CT molecular complexity index is 549. The van der Waals surface area contributed by atoms with Gasteiger partial charge in [-0.15, -0.1) is 4.68 Å². The van der Waals surface area contributed by atoms with Crippen LogP contribution >= 0.6 is 0 Å². The van der Waals surface area contributed by atoms with Gasteiger partial charge in [-0.25, -0.2) is 4.39 Å². The molecule has 0 radical (unpaired) electrons. The molecule has 0 saturated carbocycles. The molecule has 4 nitrogen and oxygen atoms in total. The number of nitrogens with zero attached hydrogens (tertiary/aromatic N) is 3. The lowest BCUT2D eigenvalue weighted by Gasteiger charge is -2.04. The van der Waals surface area contributed by atoms with Gasteiger partial charge in [-0.05, 0) is 12.1 Å². The van der Waals surface area contributed by atoms with Crippen LogP contribution in [0, 0.1) is 0 Å². The van der Waals surface area contributed by atoms with Crippen molar-refractivity contribution in [2.45, 2.75) is 6.18 Å². The number of aromatic nitrogens is 3. The number of fused-ring (bicyclic) bond motifs is 1. The molecule has 17 heavy (non-hydrogen) atoms. The van der Waals surface area contributed by atoms with E-state index in [0.29, 0.717) is 0 Å². The third kappa shape index (κ3) is 2.02. The second-order valence-corrected chi connectivity index (χ2v) is 3.33. The van der Waals surface area contributed by atoms with Gasteiger partial charge in [0.05, 0.1) is 10.4 Å². The van der Waals surface area contributed by atoms with Crippen molar-refractivity contribution in [3.8, 4) is 0 Å². The first-order chi connectivity index (χ1) is 7.93. The maximum atomic E-state index is 12.5. The lowest BCUT2D eigenvalue weighted by molar-refractivity contribution is -0.711. The van der Waals surface area contributed by atoms with Crippen LogP contribution in [0.15, 0.2) is 18.2 Å². The molecule has 0 atom stereocenters. The summed E-state index contributed by atoms with van der Waals surface area (Å²) in [7, 11) is 1.45. The molecule has 0 aliphatic rings. The Kier molecular flexibility index (Phi) is 2.64. The van der Waals surface area contributed by atoms with E-state index in [1.54, 1.807) is 0 Å². The normalized spacial score (nSPS) is 12.1. The van der Waals surface area contributed by atoms with Crippen LogP contribution in [0.25, 0.3) is 11.0 Å². The number of hydrogen-bond acceptors (Lipinski definition) is 2. The molecule has 0 saturated heterocycles. The minimum Gasteiger partial charge on any atom is -0.280 e. The van der Waals surface area contributed by atoms with Crippen molar-refractivity contribution in [1.29, 1.82) is 0 Å². The lowest BCUT2D eigenvalue weighted by Crippen LogP contribution is -2.32. The largest absolute Gasteiger partial charge is 0.416 e. The highest BCUT2D eigenvalue weighted by molar-refractivity contribution is 5.71. The summed E-state index contributed by atoms with van der Waals surface area (Å²) in [6.45, 7) is -1.11. The van der Waals surface area contributed by atoms with Gasteiger partial charge in [0.2, 0.25) is 11.0 Å². The number of alkyl halides is 4. The van der Waals surface area contributed by atoms with Crippen molar-refractivity contribution in [3.05, 3.63) is 23.8 Å². The van der Waals surface area contributed by atoms with Gasteiger partial charge >= 0.3 is 6.18 Å². The summed E-state index contributed by atoms with van der Waals surface area (Å²) in [6.07, 6.45) is -4.43. The fraction of sp³-hybridized carbons (Fsp3) is 0.333. The first-order valence-corrected chi connectivity index (χ1v) is 4.59. The van der Waals surface area contributed by atoms with Crippen LogP contribution in [0.5, 0.6) is 0 Å². The van der Waals surface area contributed by atoms with Gasteiger partial charge in [0.25, 0.3) is 6.86 Å². The summed E-state index contributed by atoms with van der Waals surface area (Å²) in [5.41, 5.74) is -0.327. The number of halogens is 4. The summed E-state index contributed by atoms with van der Waals surface area (Å²) in [5, 5.41) is 3.71. The summed E-state index contributed by atoms with van der Waals surface area (Å²) < 4.78 is 50.6. The molecule has 0 unspecified atom stereocenters. The molecule has 8 heteroatoms. The SMILES string of the molecule is C[n+]1nn(OCF)c2ccc(C(F)(F)F)cc21. The third-order valence-electron chi connectivity index (χ3n) is 2.24. The summed E-state index contributed by atoms with van der Waals surface area (Å²) >= 11 is 0. The second-order valence-electron chi connectivity index (χ2n) is 3.33. The Morgan fingerprint density at radius 2 is 2.12 bits per heavy atom. The van der Waals surface area contributed by atoms with Crippen molar-refractivity contribution < 1.29 is 27.1 Å². The molecule has 0 amide bonds. The van der Waals surface area contributed by atoms with Crippen LogP contribution in [-0.2, 0) is 13.2 Å². The Morgan fingerprint density at radius 3 is 2.71 bits per heavy atom. The first-order valence-electron chi connectivity index (χ1n) is 4.59. The van der Waals surface area contributed by atoms with E-state index in [4.69, 9.17) is 0 Å². The van der Waals surface area contributed by atoms with Crippen molar-refractivity contribution in [2.75, 3.05) is 6.86 Å². The van der Waals surface area contributed by atoms with E-state index in [1.807, 2.05) is 0 Å². The molecule has 0 bridgehead atoms. The molecule has 2 rings (SSSR count). The molecule has 1 heterocycles. The van der Waals surface area contributed by atoms with Gasteiger partial charge < -0.3 is 0 Å². The second kappa shape index (κ2) is 3.86. The average Bonchev–Trinajstić information content (AvgIpc) is 2.55. The zero-order valence-corrected chi connectivity index (χ0v) is 8.70. The van der Waals surface area contributed by atoms with Crippen molar-refractivity contribution in [3.63, 3.8) is 0 Å². The lowest BCUT2D eigenvalue weighted by atomic mass is 10.2. The zero-order chi connectivity index (χ0) is 12.6. The fourth-order valence-corrected chi connectivity index (χ4v) is 1.48. The van der Waals surface area contributed by atoms with E-state index >= 15 is 0 Å². The highest BCUT2D eigenvalue weighted by atomic mass is 19.4. The van der Waals surface area contributed by atoms with Crippen LogP contribution in [0.4, 0.5) is 17.6 Å². The summed E-state index contributed by atoms with van der Waals surface area (Å²) in [4.78, 5) is 5.34. The number of hydrogen-bond donors (Lipinski definition) is 0. The van der Waals surface area contributed by atoms with Crippen LogP contribution in [0.3, 0.4) is 0 Å². The first kappa shape index (κ1) is 11.6. The standard InChI is InChI=1S/C9H8F4N3O/c1-15-8-4-6(9(11,12)13)2-3-7(8)16(14-15)17-5-10/h2-4H,5H2,1H3/q+1.